The largest absolute Gasteiger partial charge is 0.396 e. The van der Waals surface area contributed by atoms with E-state index in [1.807, 2.05) is 0 Å². The summed E-state index contributed by atoms with van der Waals surface area (Å²) in [7, 11) is -4.04. The Labute approximate surface area is 188 Å². The van der Waals surface area contributed by atoms with Crippen LogP contribution in [0.15, 0.2) is 35.9 Å². The van der Waals surface area contributed by atoms with Gasteiger partial charge in [-0.3, -0.25) is 9.78 Å². The van der Waals surface area contributed by atoms with Gasteiger partial charge in [-0.2, -0.15) is 5.10 Å². The van der Waals surface area contributed by atoms with Crippen molar-refractivity contribution in [2.45, 2.75) is 26.2 Å². The molecule has 0 N–H and O–H groups in total. The van der Waals surface area contributed by atoms with Crippen molar-refractivity contribution < 1.29 is 26.8 Å². The van der Waals surface area contributed by atoms with E-state index in [0.717, 1.165) is 0 Å². The molecule has 32 heavy (non-hydrogen) atoms. The van der Waals surface area contributed by atoms with Crippen molar-refractivity contribution in [1.82, 2.24) is 14.8 Å². The van der Waals surface area contributed by atoms with Crippen LogP contribution in [-0.2, 0) is 19.5 Å². The molecule has 9 nitrogen and oxygen atoms in total. The van der Waals surface area contributed by atoms with E-state index in [4.69, 9.17) is 16.4 Å². The van der Waals surface area contributed by atoms with Crippen LogP contribution in [0.25, 0.3) is 5.69 Å². The summed E-state index contributed by atoms with van der Waals surface area (Å²) in [4.78, 5) is 23.3. The number of sulfone groups is 1. The van der Waals surface area contributed by atoms with Crippen LogP contribution in [-0.4, -0.2) is 65.4 Å². The molecule has 0 aromatic carbocycles. The summed E-state index contributed by atoms with van der Waals surface area (Å²) in [6.45, 7) is 3.47. The van der Waals surface area contributed by atoms with E-state index in [-0.39, 0.29) is 24.0 Å². The normalized spacial score (nSPS) is 17.8. The van der Waals surface area contributed by atoms with Gasteiger partial charge in [-0.05, 0) is 26.0 Å². The van der Waals surface area contributed by atoms with Crippen LogP contribution in [0.4, 0.5) is 14.5 Å². The molecule has 1 saturated carbocycles. The predicted octanol–water partition coefficient (Wildman–Crippen LogP) is 2.74. The van der Waals surface area contributed by atoms with Gasteiger partial charge in [-0.1, -0.05) is 16.8 Å². The maximum absolute atomic E-state index is 13.2. The maximum atomic E-state index is 13.2. The minimum atomic E-state index is -4.04. The number of halogens is 3. The number of carbonyl (C=O) groups is 1. The summed E-state index contributed by atoms with van der Waals surface area (Å²) in [6, 6.07) is 3.44. The first-order chi connectivity index (χ1) is 15.1. The Morgan fingerprint density at radius 1 is 1.44 bits per heavy atom. The second-order valence-electron chi connectivity index (χ2n) is 7.18. The zero-order chi connectivity index (χ0) is 23.5. The van der Waals surface area contributed by atoms with Crippen molar-refractivity contribution in [1.29, 1.82) is 0 Å². The number of aromatic nitrogens is 3. The molecule has 174 valence electrons. The summed E-state index contributed by atoms with van der Waals surface area (Å²) >= 11 is 6.24. The summed E-state index contributed by atoms with van der Waals surface area (Å²) in [5.74, 6) is -6.57. The fourth-order valence-electron chi connectivity index (χ4n) is 3.02. The van der Waals surface area contributed by atoms with Crippen LogP contribution in [0, 0.1) is 5.92 Å². The molecule has 13 heteroatoms. The minimum absolute atomic E-state index is 0.000271. The molecule has 2 aromatic heterocycles. The summed E-state index contributed by atoms with van der Waals surface area (Å²) in [6.07, 6.45) is 4.15. The first-order valence-electron chi connectivity index (χ1n) is 9.82. The lowest BCUT2D eigenvalue weighted by Crippen LogP contribution is -2.40. The molecule has 0 saturated heterocycles. The third-order valence-corrected chi connectivity index (χ3v) is 6.62. The van der Waals surface area contributed by atoms with E-state index < -0.39 is 51.2 Å². The lowest BCUT2D eigenvalue weighted by Gasteiger charge is -2.20. The lowest BCUT2D eigenvalue weighted by atomic mass is 10.3. The van der Waals surface area contributed by atoms with E-state index in [1.54, 1.807) is 38.4 Å². The number of nitrogens with zero attached hydrogens (tertiary/aromatic N) is 5. The van der Waals surface area contributed by atoms with Crippen LogP contribution in [0.5, 0.6) is 0 Å². The number of rotatable bonds is 10. The molecule has 3 rings (SSSR count). The molecular weight excluding hydrogens is 468 g/mol. The van der Waals surface area contributed by atoms with Gasteiger partial charge in [0.25, 0.3) is 11.8 Å². The molecule has 1 amide bonds. The van der Waals surface area contributed by atoms with Crippen LogP contribution < -0.4 is 4.90 Å². The van der Waals surface area contributed by atoms with Crippen LogP contribution in [0.3, 0.4) is 0 Å². The zero-order valence-electron chi connectivity index (χ0n) is 17.4. The molecule has 0 radical (unpaired) electrons. The second-order valence-corrected chi connectivity index (χ2v) is 9.65. The van der Waals surface area contributed by atoms with E-state index in [0.29, 0.717) is 5.69 Å². The maximum Gasteiger partial charge on any atom is 0.277 e. The SMILES string of the molecule is CCO/N=C(/CS(=O)(=O)CC1CC1(F)F)C(=O)N(CC)c1cn(-c2cccnc2)nc1Cl. The van der Waals surface area contributed by atoms with Crippen molar-refractivity contribution in [3.8, 4) is 5.69 Å². The number of anilines is 1. The van der Waals surface area contributed by atoms with Crippen molar-refractivity contribution in [2.75, 3.05) is 29.6 Å². The smallest absolute Gasteiger partial charge is 0.277 e. The van der Waals surface area contributed by atoms with Crippen LogP contribution in [0.1, 0.15) is 20.3 Å². The Morgan fingerprint density at radius 3 is 2.72 bits per heavy atom. The van der Waals surface area contributed by atoms with Gasteiger partial charge in [0.2, 0.25) is 0 Å². The van der Waals surface area contributed by atoms with E-state index in [1.165, 1.54) is 15.8 Å². The van der Waals surface area contributed by atoms with Crippen LogP contribution >= 0.6 is 11.6 Å². The molecule has 1 fully saturated rings. The topological polar surface area (TPSA) is 107 Å². The molecule has 1 aliphatic carbocycles. The average Bonchev–Trinajstić information content (AvgIpc) is 3.14. The summed E-state index contributed by atoms with van der Waals surface area (Å²) in [5, 5.41) is 7.83. The predicted molar refractivity (Wildman–Crippen MR) is 115 cm³/mol. The molecule has 0 aliphatic heterocycles. The van der Waals surface area contributed by atoms with E-state index in [9.17, 15) is 22.0 Å². The number of amides is 1. The van der Waals surface area contributed by atoms with Gasteiger partial charge in [0.15, 0.2) is 20.7 Å². The molecule has 2 aromatic rings. The Balaban J connectivity index is 1.85. The lowest BCUT2D eigenvalue weighted by molar-refractivity contribution is -0.112. The molecule has 2 heterocycles. The standard InChI is InChI=1S/C19H22ClF2N5O4S/c1-3-26(16-10-27(24-17(16)20)14-6-5-7-23-9-14)18(28)15(25-31-4-2)12-32(29,30)11-13-8-19(13,21)22/h5-7,9-10,13H,3-4,8,11-12H2,1-2H3/b25-15-. The van der Waals surface area contributed by atoms with Crippen molar-refractivity contribution in [3.63, 3.8) is 0 Å². The zero-order valence-corrected chi connectivity index (χ0v) is 19.0. The quantitative estimate of drug-likeness (QED) is 0.375. The average molecular weight is 490 g/mol. The fourth-order valence-corrected chi connectivity index (χ4v) is 4.94. The van der Waals surface area contributed by atoms with Gasteiger partial charge >= 0.3 is 0 Å². The Morgan fingerprint density at radius 2 is 2.16 bits per heavy atom. The Hall–Kier alpha value is -2.60. The highest BCUT2D eigenvalue weighted by atomic mass is 35.5. The Kier molecular flexibility index (Phi) is 7.13. The van der Waals surface area contributed by atoms with Crippen molar-refractivity contribution in [2.24, 2.45) is 11.1 Å². The molecule has 0 spiro atoms. The van der Waals surface area contributed by atoms with Gasteiger partial charge in [-0.15, -0.1) is 0 Å². The second kappa shape index (κ2) is 9.49. The highest BCUT2D eigenvalue weighted by molar-refractivity contribution is 7.92. The molecular formula is C19H22ClF2N5O4S. The number of hydrogen-bond acceptors (Lipinski definition) is 7. The van der Waals surface area contributed by atoms with E-state index >= 15 is 0 Å². The van der Waals surface area contributed by atoms with E-state index in [2.05, 4.69) is 15.2 Å². The third kappa shape index (κ3) is 5.60. The van der Waals surface area contributed by atoms with Gasteiger partial charge < -0.3 is 9.74 Å². The van der Waals surface area contributed by atoms with Gasteiger partial charge in [0.05, 0.1) is 23.8 Å². The molecule has 1 unspecified atom stereocenters. The first kappa shape index (κ1) is 24.1. The number of hydrogen-bond donors (Lipinski definition) is 0. The van der Waals surface area contributed by atoms with Crippen LogP contribution in [0.2, 0.25) is 5.15 Å². The number of carbonyl (C=O) groups excluding carboxylic acids is 1. The molecule has 1 atom stereocenters. The fraction of sp³-hybridized carbons (Fsp3) is 0.474. The van der Waals surface area contributed by atoms with Gasteiger partial charge in [0.1, 0.15) is 18.0 Å². The number of alkyl halides is 2. The third-order valence-electron chi connectivity index (χ3n) is 4.73. The first-order valence-corrected chi connectivity index (χ1v) is 12.0. The van der Waals surface area contributed by atoms with Crippen molar-refractivity contribution in [3.05, 3.63) is 35.9 Å². The summed E-state index contributed by atoms with van der Waals surface area (Å²) in [5.41, 5.74) is 0.390. The number of oxime groups is 1. The highest BCUT2D eigenvalue weighted by Crippen LogP contribution is 2.49. The van der Waals surface area contributed by atoms with Gasteiger partial charge in [0, 0.05) is 25.1 Å². The Bertz CT molecular complexity index is 1110. The highest BCUT2D eigenvalue weighted by Gasteiger charge is 2.58. The minimum Gasteiger partial charge on any atom is -0.396 e. The molecule has 0 bridgehead atoms. The summed E-state index contributed by atoms with van der Waals surface area (Å²) < 4.78 is 52.7. The monoisotopic (exact) mass is 489 g/mol. The van der Waals surface area contributed by atoms with Gasteiger partial charge in [-0.25, -0.2) is 21.9 Å². The molecule has 1 aliphatic rings. The van der Waals surface area contributed by atoms with Crippen molar-refractivity contribution >= 4 is 38.7 Å². The number of pyridine rings is 1.